The first kappa shape index (κ1) is 18.4. The smallest absolute Gasteiger partial charge is 0.315 e. The summed E-state index contributed by atoms with van der Waals surface area (Å²) in [6, 6.07) is 1.84. The molecular formula is C18H29N3O3. The molecule has 0 saturated carbocycles. The summed E-state index contributed by atoms with van der Waals surface area (Å²) in [4.78, 5) is 26.1. The molecule has 1 saturated heterocycles. The van der Waals surface area contributed by atoms with E-state index in [4.69, 9.17) is 4.42 Å². The van der Waals surface area contributed by atoms with E-state index in [2.05, 4.69) is 17.6 Å². The van der Waals surface area contributed by atoms with Crippen molar-refractivity contribution in [2.24, 2.45) is 0 Å². The fourth-order valence-electron chi connectivity index (χ4n) is 3.30. The fourth-order valence-corrected chi connectivity index (χ4v) is 3.30. The van der Waals surface area contributed by atoms with Gasteiger partial charge in [0, 0.05) is 31.1 Å². The molecule has 1 aromatic rings. The summed E-state index contributed by atoms with van der Waals surface area (Å²) in [5, 5.41) is 5.64. The van der Waals surface area contributed by atoms with Crippen molar-refractivity contribution in [2.75, 3.05) is 13.1 Å². The Morgan fingerprint density at radius 1 is 1.38 bits per heavy atom. The Morgan fingerprint density at radius 3 is 2.75 bits per heavy atom. The second-order valence-corrected chi connectivity index (χ2v) is 6.67. The lowest BCUT2D eigenvalue weighted by Gasteiger charge is -2.33. The SMILES string of the molecule is Cc1cc([C@@H](C)NC(=O)NCCC(=O)N2CCCC[C@@H]2C)c(C)o1. The van der Waals surface area contributed by atoms with Crippen molar-refractivity contribution in [3.8, 4) is 0 Å². The number of hydrogen-bond acceptors (Lipinski definition) is 3. The van der Waals surface area contributed by atoms with Crippen molar-refractivity contribution >= 4 is 11.9 Å². The number of piperidine rings is 1. The fraction of sp³-hybridized carbons (Fsp3) is 0.667. The lowest BCUT2D eigenvalue weighted by Crippen LogP contribution is -2.44. The second kappa shape index (κ2) is 8.22. The topological polar surface area (TPSA) is 74.6 Å². The van der Waals surface area contributed by atoms with E-state index < -0.39 is 0 Å². The quantitative estimate of drug-likeness (QED) is 0.868. The molecule has 3 amide bonds. The van der Waals surface area contributed by atoms with E-state index >= 15 is 0 Å². The maximum Gasteiger partial charge on any atom is 0.315 e. The van der Waals surface area contributed by atoms with Gasteiger partial charge in [-0.3, -0.25) is 4.79 Å². The van der Waals surface area contributed by atoms with Crippen molar-refractivity contribution in [1.82, 2.24) is 15.5 Å². The first-order valence-corrected chi connectivity index (χ1v) is 8.79. The minimum Gasteiger partial charge on any atom is -0.466 e. The number of nitrogens with one attached hydrogen (secondary N) is 2. The lowest BCUT2D eigenvalue weighted by atomic mass is 10.0. The Hall–Kier alpha value is -1.98. The molecule has 24 heavy (non-hydrogen) atoms. The number of nitrogens with zero attached hydrogens (tertiary/aromatic N) is 1. The molecule has 2 N–H and O–H groups in total. The summed E-state index contributed by atoms with van der Waals surface area (Å²) >= 11 is 0. The first-order valence-electron chi connectivity index (χ1n) is 8.79. The largest absolute Gasteiger partial charge is 0.466 e. The van der Waals surface area contributed by atoms with E-state index in [9.17, 15) is 9.59 Å². The van der Waals surface area contributed by atoms with Gasteiger partial charge >= 0.3 is 6.03 Å². The van der Waals surface area contributed by atoms with Gasteiger partial charge in [0.25, 0.3) is 0 Å². The summed E-state index contributed by atoms with van der Waals surface area (Å²) in [6.07, 6.45) is 3.68. The Balaban J connectivity index is 1.73. The van der Waals surface area contributed by atoms with Gasteiger partial charge in [0.15, 0.2) is 0 Å². The molecule has 6 nitrogen and oxygen atoms in total. The van der Waals surface area contributed by atoms with E-state index in [0.717, 1.165) is 36.5 Å². The number of hydrogen-bond donors (Lipinski definition) is 2. The lowest BCUT2D eigenvalue weighted by molar-refractivity contribution is -0.134. The predicted octanol–water partition coefficient (Wildman–Crippen LogP) is 3.05. The Bertz CT molecular complexity index is 582. The van der Waals surface area contributed by atoms with E-state index in [1.54, 1.807) is 0 Å². The van der Waals surface area contributed by atoms with Crippen molar-refractivity contribution in [3.05, 3.63) is 23.2 Å². The second-order valence-electron chi connectivity index (χ2n) is 6.67. The van der Waals surface area contributed by atoms with Crippen LogP contribution in [0.1, 0.15) is 62.7 Å². The van der Waals surface area contributed by atoms with Crippen molar-refractivity contribution in [3.63, 3.8) is 0 Å². The summed E-state index contributed by atoms with van der Waals surface area (Å²) in [5.74, 6) is 1.77. The molecule has 0 bridgehead atoms. The van der Waals surface area contributed by atoms with Crippen LogP contribution in [-0.2, 0) is 4.79 Å². The zero-order valence-corrected chi connectivity index (χ0v) is 15.1. The zero-order valence-electron chi connectivity index (χ0n) is 15.1. The van der Waals surface area contributed by atoms with Crippen LogP contribution in [-0.4, -0.2) is 36.0 Å². The number of carbonyl (C=O) groups is 2. The third-order valence-corrected chi connectivity index (χ3v) is 4.64. The minimum atomic E-state index is -0.264. The normalized spacial score (nSPS) is 19.0. The number of aryl methyl sites for hydroxylation is 2. The van der Waals surface area contributed by atoms with Gasteiger partial charge in [0.05, 0.1) is 6.04 Å². The molecular weight excluding hydrogens is 306 g/mol. The molecule has 2 heterocycles. The molecule has 134 valence electrons. The highest BCUT2D eigenvalue weighted by Crippen LogP contribution is 2.21. The highest BCUT2D eigenvalue weighted by atomic mass is 16.3. The molecule has 2 atom stereocenters. The summed E-state index contributed by atoms with van der Waals surface area (Å²) in [5.41, 5.74) is 0.973. The van der Waals surface area contributed by atoms with Gasteiger partial charge in [-0.15, -0.1) is 0 Å². The van der Waals surface area contributed by atoms with Crippen molar-refractivity contribution in [2.45, 2.75) is 65.5 Å². The number of amides is 3. The van der Waals surface area contributed by atoms with E-state index in [1.165, 1.54) is 6.42 Å². The van der Waals surface area contributed by atoms with Crippen LogP contribution >= 0.6 is 0 Å². The molecule has 1 fully saturated rings. The Labute approximate surface area is 144 Å². The molecule has 0 radical (unpaired) electrons. The minimum absolute atomic E-state index is 0.122. The van der Waals surface area contributed by atoms with E-state index in [-0.39, 0.29) is 18.0 Å². The third kappa shape index (κ3) is 4.76. The molecule has 0 spiro atoms. The van der Waals surface area contributed by atoms with Crippen LogP contribution in [0.3, 0.4) is 0 Å². The van der Waals surface area contributed by atoms with Crippen LogP contribution in [0.2, 0.25) is 0 Å². The number of likely N-dealkylation sites (tertiary alicyclic amines) is 1. The first-order chi connectivity index (χ1) is 11.4. The number of carbonyl (C=O) groups excluding carboxylic acids is 2. The van der Waals surface area contributed by atoms with Gasteiger partial charge in [0.1, 0.15) is 11.5 Å². The van der Waals surface area contributed by atoms with Crippen LogP contribution < -0.4 is 10.6 Å². The molecule has 1 aliphatic rings. The third-order valence-electron chi connectivity index (χ3n) is 4.64. The molecule has 0 aromatic carbocycles. The number of rotatable bonds is 5. The maximum absolute atomic E-state index is 12.2. The molecule has 6 heteroatoms. The zero-order chi connectivity index (χ0) is 17.7. The summed E-state index contributed by atoms with van der Waals surface area (Å²) in [7, 11) is 0. The highest BCUT2D eigenvalue weighted by molar-refractivity contribution is 5.78. The Morgan fingerprint density at radius 2 is 2.12 bits per heavy atom. The van der Waals surface area contributed by atoms with Crippen LogP contribution in [0.15, 0.2) is 10.5 Å². The number of urea groups is 1. The maximum atomic E-state index is 12.2. The van der Waals surface area contributed by atoms with Gasteiger partial charge in [-0.25, -0.2) is 4.79 Å². The van der Waals surface area contributed by atoms with Crippen LogP contribution in [0.25, 0.3) is 0 Å². The van der Waals surface area contributed by atoms with Crippen LogP contribution in [0.4, 0.5) is 4.79 Å². The van der Waals surface area contributed by atoms with Gasteiger partial charge < -0.3 is 20.0 Å². The van der Waals surface area contributed by atoms with E-state index in [0.29, 0.717) is 19.0 Å². The molecule has 2 rings (SSSR count). The Kier molecular flexibility index (Phi) is 6.29. The highest BCUT2D eigenvalue weighted by Gasteiger charge is 2.22. The predicted molar refractivity (Wildman–Crippen MR) is 92.8 cm³/mol. The molecule has 1 aliphatic heterocycles. The average Bonchev–Trinajstić information content (AvgIpc) is 2.86. The summed E-state index contributed by atoms with van der Waals surface area (Å²) in [6.45, 7) is 8.96. The average molecular weight is 335 g/mol. The number of furan rings is 1. The van der Waals surface area contributed by atoms with Gasteiger partial charge in [0.2, 0.25) is 5.91 Å². The van der Waals surface area contributed by atoms with Crippen LogP contribution in [0, 0.1) is 13.8 Å². The van der Waals surface area contributed by atoms with Crippen molar-refractivity contribution in [1.29, 1.82) is 0 Å². The monoisotopic (exact) mass is 335 g/mol. The van der Waals surface area contributed by atoms with Gasteiger partial charge in [-0.1, -0.05) is 0 Å². The molecule has 0 unspecified atom stereocenters. The molecule has 0 aliphatic carbocycles. The molecule has 1 aromatic heterocycles. The van der Waals surface area contributed by atoms with Crippen molar-refractivity contribution < 1.29 is 14.0 Å². The summed E-state index contributed by atoms with van der Waals surface area (Å²) < 4.78 is 5.49. The standard InChI is InChI=1S/C18H29N3O3/c1-12-7-5-6-10-21(12)17(22)8-9-19-18(23)20-14(3)16-11-13(2)24-15(16)4/h11-12,14H,5-10H2,1-4H3,(H2,19,20,23)/t12-,14+/m0/s1. The van der Waals surface area contributed by atoms with Crippen LogP contribution in [0.5, 0.6) is 0 Å². The van der Waals surface area contributed by atoms with Gasteiger partial charge in [-0.2, -0.15) is 0 Å². The van der Waals surface area contributed by atoms with Gasteiger partial charge in [-0.05, 0) is 53.0 Å². The van der Waals surface area contributed by atoms with E-state index in [1.807, 2.05) is 31.7 Å².